The number of alkyl halides is 12. The summed E-state index contributed by atoms with van der Waals surface area (Å²) in [7, 11) is 6.00. The maximum Gasteiger partial charge on any atom is 0.426 e. The minimum atomic E-state index is -4.82. The first kappa shape index (κ1) is 172. The number of aliphatic carboxylic acids is 1. The van der Waals surface area contributed by atoms with Crippen LogP contribution in [0.2, 0.25) is 61.4 Å². The van der Waals surface area contributed by atoms with Crippen LogP contribution in [-0.2, 0) is 44.8 Å². The van der Waals surface area contributed by atoms with Gasteiger partial charge in [0.1, 0.15) is 39.4 Å². The van der Waals surface area contributed by atoms with Crippen LogP contribution < -0.4 is 0 Å². The molecule has 0 saturated heterocycles. The monoisotopic (exact) mass is 3420 g/mol. The van der Waals surface area contributed by atoms with Crippen LogP contribution in [-0.4, -0.2) is 119 Å². The van der Waals surface area contributed by atoms with E-state index in [9.17, 15) is 72.8 Å². The summed E-state index contributed by atoms with van der Waals surface area (Å²) in [5.74, 6) is -1.45. The first-order valence-corrected chi connectivity index (χ1v) is 50.2. The van der Waals surface area contributed by atoms with Gasteiger partial charge in [-0.2, -0.15) is 52.7 Å². The van der Waals surface area contributed by atoms with E-state index in [1.807, 2.05) is 217 Å². The summed E-state index contributed by atoms with van der Waals surface area (Å²) in [5, 5.41) is 41.4. The molecule has 0 bridgehead atoms. The van der Waals surface area contributed by atoms with Crippen LogP contribution in [0.1, 0.15) is 288 Å². The average molecular weight is 3420 g/mol. The van der Waals surface area contributed by atoms with Crippen molar-refractivity contribution in [3.05, 3.63) is 268 Å². The molecule has 4 unspecified atom stereocenters. The Hall–Kier alpha value is -2.48. The van der Waals surface area contributed by atoms with Gasteiger partial charge in [0.15, 0.2) is 0 Å². The van der Waals surface area contributed by atoms with Crippen molar-refractivity contribution in [2.45, 2.75) is 373 Å². The Morgan fingerprint density at radius 1 is 0.340 bits per heavy atom. The molecule has 4 aliphatic rings. The first-order chi connectivity index (χ1) is 64.2. The number of fused-ring (bicyclic) bond motifs is 12. The molecule has 4 aliphatic carbocycles. The molecule has 0 amide bonds. The van der Waals surface area contributed by atoms with E-state index in [4.69, 9.17) is 9.84 Å². The number of aromatic nitrogens is 4. The minimum Gasteiger partial charge on any atom is -0.480 e. The predicted molar refractivity (Wildman–Crippen MR) is 611 cm³/mol. The molecule has 33 heteroatoms. The second-order valence-electron chi connectivity index (χ2n) is 33.4. The summed E-state index contributed by atoms with van der Waals surface area (Å²) < 4.78 is 177. The molecule has 2 heterocycles. The van der Waals surface area contributed by atoms with E-state index in [0.717, 1.165) is 86.9 Å². The van der Waals surface area contributed by atoms with E-state index >= 15 is 0 Å². The van der Waals surface area contributed by atoms with Crippen LogP contribution in [0.5, 0.6) is 0 Å². The summed E-state index contributed by atoms with van der Waals surface area (Å²) in [6, 6.07) is 25.1. The molecule has 0 fully saturated rings. The number of carboxylic acid groups (broad SMARTS) is 1. The zero-order valence-corrected chi connectivity index (χ0v) is 119. The van der Waals surface area contributed by atoms with Gasteiger partial charge < -0.3 is 30.1 Å². The third kappa shape index (κ3) is 42.0. The van der Waals surface area contributed by atoms with E-state index < -0.39 is 59.7 Å². The fourth-order valence-corrected chi connectivity index (χ4v) is 16.3. The molecule has 8 aromatic carbocycles. The fourth-order valence-electron chi connectivity index (χ4n) is 15.7. The molecule has 0 spiro atoms. The summed E-state index contributed by atoms with van der Waals surface area (Å²) in [5.41, 5.74) is 4.59. The Labute approximate surface area is 1030 Å². The number of halogens is 14. The van der Waals surface area contributed by atoms with Crippen LogP contribution >= 0.6 is 45.7 Å². The van der Waals surface area contributed by atoms with Gasteiger partial charge in [-0.25, -0.2) is 14.8 Å². The van der Waals surface area contributed by atoms with Crippen molar-refractivity contribution in [3.63, 3.8) is 0 Å². The van der Waals surface area contributed by atoms with Crippen LogP contribution in [0.25, 0.3) is 44.5 Å². The number of carbonyl (C=O) groups is 1. The molecule has 4 atom stereocenters. The molecule has 11 nitrogen and oxygen atoms in total. The number of nitrogens with zero attached hydrogens (tertiary/aromatic N) is 5. The minimum absolute atomic E-state index is 0. The van der Waals surface area contributed by atoms with E-state index in [0.29, 0.717) is 79.6 Å². The molecule has 4 N–H and O–H groups in total. The van der Waals surface area contributed by atoms with Crippen molar-refractivity contribution in [3.8, 4) is 44.5 Å². The number of aliphatic hydroxyl groups is 3. The molecule has 10 aromatic rings. The molecule has 147 heavy (non-hydrogen) atoms. The summed E-state index contributed by atoms with van der Waals surface area (Å²) >= 11 is 4.26. The number of hydrogen-bond acceptors (Lipinski definition) is 8. The number of hydrogen-bond donors (Lipinski definition) is 4. The van der Waals surface area contributed by atoms with Gasteiger partial charge in [-0.1, -0.05) is 313 Å². The van der Waals surface area contributed by atoms with Gasteiger partial charge in [0, 0.05) is 225 Å². The number of ether oxygens (including phenoxy) is 1. The zero-order valence-electron chi connectivity index (χ0n) is 93.7. The number of rotatable bonds is 5. The maximum absolute atomic E-state index is 14.4. The Bertz CT molecular complexity index is 5140. The van der Waals surface area contributed by atoms with Crippen molar-refractivity contribution in [1.29, 1.82) is 0 Å². The third-order valence-electron chi connectivity index (χ3n) is 21.8. The summed E-state index contributed by atoms with van der Waals surface area (Å²) in [6.07, 6.45) is -7.18. The fraction of sp³-hybridized carbons (Fsp3) is 0.518. The van der Waals surface area contributed by atoms with E-state index in [1.54, 1.807) is 134 Å². The normalized spacial score (nSPS) is 14.3. The molecular weight excluding hydrogens is 3240 g/mol. The molecule has 0 radical (unpaired) electrons. The SMILES string of the molecule is C.C.C.C.CB(C)C.CB(C)C.CB(C)C.CC.CC.CC.CC.CC.CC.CC.CC.CCc1c(C)c(C)c(C)c2c1-c1ccccc1C2(O)C(F)(F)F.CCc1c(C)c(C)c(C)c2c1-c1ccccc1C2(O)C(F)(F)F.CN(C)C.Cc1c(C)c(C)c2c(c1C)-c1ccccc1C2(O)C(F)(F)F.Cc1c(C)c(C)c2c(c1C)-c1ccccc1C2(OCC(=O)O)C(F)(F)F.In1ccnc1.In1ccnc1.[U].[U].[U].[U].[U]. The van der Waals surface area contributed by atoms with E-state index in [1.165, 1.54) is 36.4 Å². The quantitative estimate of drug-likeness (QED) is 0.0751. The van der Waals surface area contributed by atoms with Crippen molar-refractivity contribution in [2.24, 2.45) is 0 Å². The topological polar surface area (TPSA) is 146 Å². The third-order valence-corrected chi connectivity index (χ3v) is 23.0. The van der Waals surface area contributed by atoms with Gasteiger partial charge in [-0.15, -0.1) is 0 Å². The molecule has 2 aromatic heterocycles. The Kier molecular flexibility index (Phi) is 94.0. The number of carboxylic acids is 1. The first-order valence-electron chi connectivity index (χ1n) is 48.3. The van der Waals surface area contributed by atoms with Crippen LogP contribution in [0.3, 0.4) is 0 Å². The van der Waals surface area contributed by atoms with Gasteiger partial charge >= 0.3 is 30.7 Å². The van der Waals surface area contributed by atoms with Gasteiger partial charge in [-0.05, 0) is 264 Å². The molecule has 0 aliphatic heterocycles. The second-order valence-corrected chi connectivity index (χ2v) is 35.7. The van der Waals surface area contributed by atoms with E-state index in [-0.39, 0.29) is 230 Å². The Balaban J connectivity index is -0.000000128. The Morgan fingerprint density at radius 2 is 0.531 bits per heavy atom. The van der Waals surface area contributed by atoms with Gasteiger partial charge in [-0.3, -0.25) is 5.56 Å². The largest absolute Gasteiger partial charge is 0.480 e. The smallest absolute Gasteiger partial charge is 0.426 e. The molecule has 14 rings (SSSR count). The zero-order chi connectivity index (χ0) is 109. The van der Waals surface area contributed by atoms with Crippen molar-refractivity contribution < 1.29 is 238 Å². The van der Waals surface area contributed by atoms with Crippen molar-refractivity contribution in [2.75, 3.05) is 27.7 Å². The van der Waals surface area contributed by atoms with Crippen LogP contribution in [0.15, 0.2) is 135 Å². The summed E-state index contributed by atoms with van der Waals surface area (Å²) in [6.45, 7) is 82.0. The van der Waals surface area contributed by atoms with Gasteiger partial charge in [0.05, 0.1) is 45.7 Å². The van der Waals surface area contributed by atoms with Crippen molar-refractivity contribution >= 4 is 71.8 Å². The van der Waals surface area contributed by atoms with Gasteiger partial charge in [0.25, 0.3) is 0 Å². The Morgan fingerprint density at radius 3 is 0.728 bits per heavy atom. The molecule has 0 saturated carbocycles. The number of imidazole rings is 2. The maximum atomic E-state index is 14.4. The van der Waals surface area contributed by atoms with Gasteiger partial charge in [0.2, 0.25) is 22.4 Å². The van der Waals surface area contributed by atoms with Crippen LogP contribution in [0.4, 0.5) is 52.7 Å². The second kappa shape index (κ2) is 80.3. The molecular formula is C114H180B3F12I2N5O6U5. The molecule has 824 valence electrons. The van der Waals surface area contributed by atoms with Crippen LogP contribution in [0, 0.1) is 252 Å². The van der Waals surface area contributed by atoms with Crippen molar-refractivity contribution in [1.82, 2.24) is 20.4 Å². The predicted octanol–water partition coefficient (Wildman–Crippen LogP) is 36.6. The number of benzene rings is 8. The summed E-state index contributed by atoms with van der Waals surface area (Å²) in [4.78, 5) is 20.6. The van der Waals surface area contributed by atoms with E-state index in [2.05, 4.69) is 117 Å². The average Bonchev–Trinajstić information content (AvgIpc) is 1.54. The standard InChI is InChI=1S/C20H19F3O3.2C19H19F3O.C18H17F3O.3C3H9B.2C3H3IN2.C3H9N.8C2H6.4CH4.5U/c1-10-11(2)13(4)18-17(12(10)3)14-7-5-6-8-15(14)19(18,20(21,22)23)26-9-16(24)25;2*1-5-13-11(3)10(2)12(4)17-16(13)14-8-6-7-9-15(14)18(17,23)19(20,21)22;1-9-10(2)12(4)16-15(11(9)3)13-7-5-6-8-14(13)17(16,22)18(19,20)21;3*1-4(2)3;2*4-6-2-1-5-3-6;1-4(2)3;8*1-2;;;;;;;;;/h5-8H,9H2,1-4H3,(H,24,25);2*6-9,23H,5H2,1-4H3;5-8,22H,1-4H3;3*1-3H3;2*1-3H;1-3H3;8*1-2H3;4*1H4;;;;;.